The van der Waals surface area contributed by atoms with Crippen molar-refractivity contribution in [3.8, 4) is 0 Å². The molecule has 1 fully saturated rings. The lowest BCUT2D eigenvalue weighted by molar-refractivity contribution is -0.121. The monoisotopic (exact) mass is 439 g/mol. The van der Waals surface area contributed by atoms with Crippen LogP contribution in [0.25, 0.3) is 0 Å². The molecule has 1 aromatic carbocycles. The molecule has 7 heteroatoms. The number of benzene rings is 1. The molecule has 1 aliphatic rings. The third-order valence-corrected chi connectivity index (χ3v) is 5.32. The second-order valence-corrected chi connectivity index (χ2v) is 9.40. The summed E-state index contributed by atoms with van der Waals surface area (Å²) in [6.07, 6.45) is 4.53. The zero-order chi connectivity index (χ0) is 22.8. The molecule has 3 N–H and O–H groups in total. The van der Waals surface area contributed by atoms with E-state index in [4.69, 9.17) is 4.42 Å². The topological polar surface area (TPSA) is 81.9 Å². The van der Waals surface area contributed by atoms with Gasteiger partial charge < -0.3 is 20.4 Å². The number of amides is 1. The van der Waals surface area contributed by atoms with E-state index >= 15 is 0 Å². The first-order valence-corrected chi connectivity index (χ1v) is 11.5. The summed E-state index contributed by atoms with van der Waals surface area (Å²) in [5.74, 6) is 1.53. The van der Waals surface area contributed by atoms with E-state index in [1.54, 1.807) is 6.26 Å². The lowest BCUT2D eigenvalue weighted by atomic mass is 10.0. The second-order valence-electron chi connectivity index (χ2n) is 9.40. The standard InChI is InChI=1S/C25H37N5O2/c1-25(2,3)29-23(31)18-27-24(26-14-11-22-10-7-17-32-22)28-21-12-15-30(16-13-21)19-20-8-5-4-6-9-20/h4-10,17,21H,11-16,18-19H2,1-3H3,(H,29,31)(H2,26,27,28). The molecular weight excluding hydrogens is 402 g/mol. The largest absolute Gasteiger partial charge is 0.469 e. The molecule has 0 spiro atoms. The van der Waals surface area contributed by atoms with Crippen molar-refractivity contribution in [3.05, 3.63) is 60.1 Å². The van der Waals surface area contributed by atoms with Gasteiger partial charge in [-0.25, -0.2) is 4.99 Å². The summed E-state index contributed by atoms with van der Waals surface area (Å²) in [6, 6.07) is 14.8. The Kier molecular flexibility index (Phi) is 8.73. The van der Waals surface area contributed by atoms with Crippen LogP contribution in [-0.2, 0) is 17.8 Å². The Hall–Kier alpha value is -2.80. The van der Waals surface area contributed by atoms with Crippen LogP contribution in [0.2, 0.25) is 0 Å². The number of aliphatic imine (C=N–C) groups is 1. The van der Waals surface area contributed by atoms with Gasteiger partial charge in [-0.15, -0.1) is 0 Å². The normalized spacial score (nSPS) is 16.0. The van der Waals surface area contributed by atoms with E-state index in [1.165, 1.54) is 5.56 Å². The van der Waals surface area contributed by atoms with Crippen molar-refractivity contribution in [2.45, 2.75) is 58.2 Å². The summed E-state index contributed by atoms with van der Waals surface area (Å²) in [5.41, 5.74) is 1.09. The molecule has 1 saturated heterocycles. The van der Waals surface area contributed by atoms with Gasteiger partial charge in [-0.3, -0.25) is 9.69 Å². The number of carbonyl (C=O) groups excluding carboxylic acids is 1. The molecule has 1 aliphatic heterocycles. The Labute approximate surface area is 191 Å². The molecular formula is C25H37N5O2. The van der Waals surface area contributed by atoms with Gasteiger partial charge in [0, 0.05) is 44.2 Å². The van der Waals surface area contributed by atoms with Crippen LogP contribution in [0.4, 0.5) is 0 Å². The minimum atomic E-state index is -0.265. The van der Waals surface area contributed by atoms with Gasteiger partial charge >= 0.3 is 0 Å². The summed E-state index contributed by atoms with van der Waals surface area (Å²) in [4.78, 5) is 19.3. The molecule has 0 bridgehead atoms. The number of nitrogens with zero attached hydrogens (tertiary/aromatic N) is 2. The van der Waals surface area contributed by atoms with Crippen LogP contribution in [0.15, 0.2) is 58.1 Å². The highest BCUT2D eigenvalue weighted by Gasteiger charge is 2.20. The van der Waals surface area contributed by atoms with Crippen molar-refractivity contribution >= 4 is 11.9 Å². The summed E-state index contributed by atoms with van der Waals surface area (Å²) >= 11 is 0. The number of hydrogen-bond donors (Lipinski definition) is 3. The van der Waals surface area contributed by atoms with Crippen LogP contribution in [0.5, 0.6) is 0 Å². The van der Waals surface area contributed by atoms with Gasteiger partial charge in [-0.1, -0.05) is 30.3 Å². The number of carbonyl (C=O) groups is 1. The van der Waals surface area contributed by atoms with Gasteiger partial charge in [0.15, 0.2) is 5.96 Å². The molecule has 174 valence electrons. The molecule has 2 heterocycles. The van der Waals surface area contributed by atoms with E-state index in [0.717, 1.165) is 44.7 Å². The van der Waals surface area contributed by atoms with Crippen LogP contribution in [0.3, 0.4) is 0 Å². The van der Waals surface area contributed by atoms with Gasteiger partial charge in [0.25, 0.3) is 0 Å². The highest BCUT2D eigenvalue weighted by atomic mass is 16.3. The molecule has 0 atom stereocenters. The Morgan fingerprint density at radius 2 is 1.88 bits per heavy atom. The van der Waals surface area contributed by atoms with E-state index in [-0.39, 0.29) is 18.0 Å². The third kappa shape index (κ3) is 8.75. The predicted molar refractivity (Wildman–Crippen MR) is 128 cm³/mol. The first-order valence-electron chi connectivity index (χ1n) is 11.5. The van der Waals surface area contributed by atoms with Crippen molar-refractivity contribution in [2.75, 3.05) is 26.2 Å². The molecule has 1 aromatic heterocycles. The molecule has 32 heavy (non-hydrogen) atoms. The predicted octanol–water partition coefficient (Wildman–Crippen LogP) is 2.94. The van der Waals surface area contributed by atoms with Crippen LogP contribution in [0, 0.1) is 0 Å². The second kappa shape index (κ2) is 11.7. The summed E-state index contributed by atoms with van der Waals surface area (Å²) in [6.45, 7) is 9.76. The molecule has 0 aliphatic carbocycles. The average Bonchev–Trinajstić information content (AvgIpc) is 3.26. The van der Waals surface area contributed by atoms with Crippen molar-refractivity contribution in [1.82, 2.24) is 20.9 Å². The summed E-state index contributed by atoms with van der Waals surface area (Å²) < 4.78 is 5.41. The summed E-state index contributed by atoms with van der Waals surface area (Å²) in [7, 11) is 0. The molecule has 0 unspecified atom stereocenters. The average molecular weight is 440 g/mol. The Bertz CT molecular complexity index is 835. The third-order valence-electron chi connectivity index (χ3n) is 5.32. The van der Waals surface area contributed by atoms with E-state index in [1.807, 2.05) is 32.9 Å². The van der Waals surface area contributed by atoms with Crippen molar-refractivity contribution < 1.29 is 9.21 Å². The fourth-order valence-electron chi connectivity index (χ4n) is 3.79. The van der Waals surface area contributed by atoms with Crippen LogP contribution >= 0.6 is 0 Å². The van der Waals surface area contributed by atoms with Gasteiger partial charge in [0.2, 0.25) is 5.91 Å². The first-order chi connectivity index (χ1) is 15.4. The molecule has 3 rings (SSSR count). The lowest BCUT2D eigenvalue weighted by Gasteiger charge is -2.33. The van der Waals surface area contributed by atoms with Crippen LogP contribution in [-0.4, -0.2) is 54.5 Å². The van der Waals surface area contributed by atoms with Crippen LogP contribution in [0.1, 0.15) is 44.9 Å². The summed E-state index contributed by atoms with van der Waals surface area (Å²) in [5, 5.41) is 9.86. The Morgan fingerprint density at radius 1 is 1.12 bits per heavy atom. The Morgan fingerprint density at radius 3 is 2.53 bits per heavy atom. The molecule has 0 saturated carbocycles. The van der Waals surface area contributed by atoms with E-state index < -0.39 is 0 Å². The minimum absolute atomic E-state index is 0.0812. The van der Waals surface area contributed by atoms with Crippen molar-refractivity contribution in [1.29, 1.82) is 0 Å². The van der Waals surface area contributed by atoms with Crippen LogP contribution < -0.4 is 16.0 Å². The van der Waals surface area contributed by atoms with Gasteiger partial charge in [-0.2, -0.15) is 0 Å². The number of furan rings is 1. The van der Waals surface area contributed by atoms with Gasteiger partial charge in [0.1, 0.15) is 12.3 Å². The Balaban J connectivity index is 1.50. The smallest absolute Gasteiger partial charge is 0.242 e. The SMILES string of the molecule is CC(C)(C)NC(=O)CN=C(NCCc1ccco1)NC1CCN(Cc2ccccc2)CC1. The number of hydrogen-bond acceptors (Lipinski definition) is 4. The van der Waals surface area contributed by atoms with Crippen molar-refractivity contribution in [3.63, 3.8) is 0 Å². The first kappa shape index (κ1) is 23.9. The zero-order valence-corrected chi connectivity index (χ0v) is 19.6. The fourth-order valence-corrected chi connectivity index (χ4v) is 3.79. The molecule has 1 amide bonds. The highest BCUT2D eigenvalue weighted by molar-refractivity contribution is 5.85. The maximum Gasteiger partial charge on any atom is 0.242 e. The number of piperidine rings is 1. The number of rotatable bonds is 8. The highest BCUT2D eigenvalue weighted by Crippen LogP contribution is 2.14. The van der Waals surface area contributed by atoms with Gasteiger partial charge in [-0.05, 0) is 51.3 Å². The zero-order valence-electron chi connectivity index (χ0n) is 19.6. The minimum Gasteiger partial charge on any atom is -0.469 e. The van der Waals surface area contributed by atoms with E-state index in [9.17, 15) is 4.79 Å². The maximum absolute atomic E-state index is 12.2. The number of nitrogens with one attached hydrogen (secondary N) is 3. The number of likely N-dealkylation sites (tertiary alicyclic amines) is 1. The molecule has 0 radical (unpaired) electrons. The molecule has 7 nitrogen and oxygen atoms in total. The van der Waals surface area contributed by atoms with Crippen molar-refractivity contribution in [2.24, 2.45) is 4.99 Å². The van der Waals surface area contributed by atoms with E-state index in [0.29, 0.717) is 18.5 Å². The maximum atomic E-state index is 12.2. The molecule has 2 aromatic rings. The lowest BCUT2D eigenvalue weighted by Crippen LogP contribution is -2.49. The van der Waals surface area contributed by atoms with Gasteiger partial charge in [0.05, 0.1) is 6.26 Å². The number of guanidine groups is 1. The fraction of sp³-hybridized carbons (Fsp3) is 0.520. The quantitative estimate of drug-likeness (QED) is 0.435. The van der Waals surface area contributed by atoms with E-state index in [2.05, 4.69) is 56.2 Å².